The molecule has 0 aromatic heterocycles. The number of amides is 1. The zero-order valence-electron chi connectivity index (χ0n) is 12.1. The molecule has 2 rings (SSSR count). The van der Waals surface area contributed by atoms with Gasteiger partial charge in [-0.15, -0.1) is 0 Å². The topological polar surface area (TPSA) is 32.3 Å². The predicted octanol–water partition coefficient (Wildman–Crippen LogP) is 2.74. The Morgan fingerprint density at radius 1 is 1.47 bits per heavy atom. The van der Waals surface area contributed by atoms with Gasteiger partial charge in [0.15, 0.2) is 0 Å². The summed E-state index contributed by atoms with van der Waals surface area (Å²) < 4.78 is 0. The van der Waals surface area contributed by atoms with E-state index in [1.807, 2.05) is 24.0 Å². The molecule has 0 aliphatic carbocycles. The van der Waals surface area contributed by atoms with Crippen molar-refractivity contribution >= 4 is 11.6 Å². The number of carbonyl (C=O) groups excluding carboxylic acids is 1. The van der Waals surface area contributed by atoms with Crippen LogP contribution in [-0.2, 0) is 4.79 Å². The maximum absolute atomic E-state index is 12.7. The molecule has 1 aromatic carbocycles. The normalized spacial score (nSPS) is 23.1. The molecule has 0 saturated carbocycles. The molecule has 0 spiro atoms. The quantitative estimate of drug-likeness (QED) is 0.906. The highest BCUT2D eigenvalue weighted by molar-refractivity contribution is 5.97. The monoisotopic (exact) mass is 260 g/mol. The van der Waals surface area contributed by atoms with E-state index in [0.29, 0.717) is 5.92 Å². The highest BCUT2D eigenvalue weighted by Gasteiger charge is 2.28. The molecular weight excluding hydrogens is 236 g/mol. The molecule has 104 valence electrons. The van der Waals surface area contributed by atoms with Crippen LogP contribution in [0.25, 0.3) is 0 Å². The van der Waals surface area contributed by atoms with E-state index in [2.05, 4.69) is 31.3 Å². The SMILES string of the molecule is CCN(C(=O)C1CC(C)CCN1)c1cccc(C)c1. The van der Waals surface area contributed by atoms with E-state index >= 15 is 0 Å². The fourth-order valence-corrected chi connectivity index (χ4v) is 2.75. The Morgan fingerprint density at radius 3 is 2.89 bits per heavy atom. The third kappa shape index (κ3) is 3.35. The van der Waals surface area contributed by atoms with Crippen molar-refractivity contribution < 1.29 is 4.79 Å². The zero-order valence-corrected chi connectivity index (χ0v) is 12.1. The standard InChI is InChI=1S/C16H24N2O/c1-4-18(14-7-5-6-12(2)10-14)16(19)15-11-13(3)8-9-17-15/h5-7,10,13,15,17H,4,8-9,11H2,1-3H3. The zero-order chi connectivity index (χ0) is 13.8. The van der Waals surface area contributed by atoms with Gasteiger partial charge in [-0.1, -0.05) is 19.1 Å². The minimum absolute atomic E-state index is 0.0239. The van der Waals surface area contributed by atoms with Gasteiger partial charge in [0, 0.05) is 12.2 Å². The number of likely N-dealkylation sites (N-methyl/N-ethyl adjacent to an activating group) is 1. The number of nitrogens with zero attached hydrogens (tertiary/aromatic N) is 1. The first-order valence-corrected chi connectivity index (χ1v) is 7.23. The number of nitrogens with one attached hydrogen (secondary N) is 1. The molecule has 0 bridgehead atoms. The summed E-state index contributed by atoms with van der Waals surface area (Å²) in [6.07, 6.45) is 2.11. The Hall–Kier alpha value is -1.35. The van der Waals surface area contributed by atoms with Gasteiger partial charge >= 0.3 is 0 Å². The minimum Gasteiger partial charge on any atom is -0.311 e. The van der Waals surface area contributed by atoms with Crippen LogP contribution < -0.4 is 10.2 Å². The number of benzene rings is 1. The fourth-order valence-electron chi connectivity index (χ4n) is 2.75. The maximum atomic E-state index is 12.7. The van der Waals surface area contributed by atoms with Gasteiger partial charge in [0.05, 0.1) is 6.04 Å². The van der Waals surface area contributed by atoms with Gasteiger partial charge in [0.25, 0.3) is 0 Å². The van der Waals surface area contributed by atoms with Crippen molar-refractivity contribution in [1.29, 1.82) is 0 Å². The van der Waals surface area contributed by atoms with Crippen molar-refractivity contribution in [1.82, 2.24) is 5.32 Å². The molecule has 3 heteroatoms. The van der Waals surface area contributed by atoms with Gasteiger partial charge in [-0.05, 0) is 56.8 Å². The summed E-state index contributed by atoms with van der Waals surface area (Å²) >= 11 is 0. The molecule has 1 saturated heterocycles. The number of carbonyl (C=O) groups is 1. The van der Waals surface area contributed by atoms with Crippen molar-refractivity contribution in [3.8, 4) is 0 Å². The van der Waals surface area contributed by atoms with E-state index in [4.69, 9.17) is 0 Å². The van der Waals surface area contributed by atoms with Crippen LogP contribution >= 0.6 is 0 Å². The second kappa shape index (κ2) is 6.20. The van der Waals surface area contributed by atoms with Crippen LogP contribution in [0.5, 0.6) is 0 Å². The molecule has 1 amide bonds. The second-order valence-electron chi connectivity index (χ2n) is 5.56. The summed E-state index contributed by atoms with van der Waals surface area (Å²) in [4.78, 5) is 14.5. The Labute approximate surface area is 116 Å². The third-order valence-corrected chi connectivity index (χ3v) is 3.86. The average molecular weight is 260 g/mol. The van der Waals surface area contributed by atoms with Crippen molar-refractivity contribution in [2.75, 3.05) is 18.0 Å². The van der Waals surface area contributed by atoms with Gasteiger partial charge in [0.2, 0.25) is 5.91 Å². The van der Waals surface area contributed by atoms with Crippen LogP contribution in [0.2, 0.25) is 0 Å². The Bertz CT molecular complexity index is 444. The smallest absolute Gasteiger partial charge is 0.244 e. The van der Waals surface area contributed by atoms with Gasteiger partial charge in [-0.25, -0.2) is 0 Å². The molecule has 2 unspecified atom stereocenters. The summed E-state index contributed by atoms with van der Waals surface area (Å²) in [5.74, 6) is 0.839. The Kier molecular flexibility index (Phi) is 4.59. The maximum Gasteiger partial charge on any atom is 0.244 e. The predicted molar refractivity (Wildman–Crippen MR) is 79.4 cm³/mol. The molecule has 1 aliphatic heterocycles. The largest absolute Gasteiger partial charge is 0.311 e. The number of hydrogen-bond donors (Lipinski definition) is 1. The lowest BCUT2D eigenvalue weighted by Gasteiger charge is -2.32. The molecule has 2 atom stereocenters. The molecule has 1 heterocycles. The summed E-state index contributed by atoms with van der Waals surface area (Å²) in [6.45, 7) is 7.98. The van der Waals surface area contributed by atoms with Crippen LogP contribution in [0.3, 0.4) is 0 Å². The molecular formula is C16H24N2O. The molecule has 1 N–H and O–H groups in total. The lowest BCUT2D eigenvalue weighted by Crippen LogP contribution is -2.50. The van der Waals surface area contributed by atoms with E-state index in [1.165, 1.54) is 12.0 Å². The Balaban J connectivity index is 2.15. The highest BCUT2D eigenvalue weighted by Crippen LogP contribution is 2.21. The summed E-state index contributed by atoms with van der Waals surface area (Å²) in [5, 5.41) is 3.36. The van der Waals surface area contributed by atoms with Crippen LogP contribution in [0.15, 0.2) is 24.3 Å². The van der Waals surface area contributed by atoms with Crippen LogP contribution in [-0.4, -0.2) is 25.0 Å². The van der Waals surface area contributed by atoms with Gasteiger partial charge in [-0.2, -0.15) is 0 Å². The lowest BCUT2D eigenvalue weighted by atomic mass is 9.93. The van der Waals surface area contributed by atoms with Crippen molar-refractivity contribution in [3.63, 3.8) is 0 Å². The first-order valence-electron chi connectivity index (χ1n) is 7.23. The number of aryl methyl sites for hydroxylation is 1. The number of rotatable bonds is 3. The second-order valence-corrected chi connectivity index (χ2v) is 5.56. The number of piperidine rings is 1. The summed E-state index contributed by atoms with van der Waals surface area (Å²) in [6, 6.07) is 8.14. The first-order chi connectivity index (χ1) is 9.11. The van der Waals surface area contributed by atoms with Crippen molar-refractivity contribution in [2.24, 2.45) is 5.92 Å². The first kappa shape index (κ1) is 14.1. The van der Waals surface area contributed by atoms with E-state index in [9.17, 15) is 4.79 Å². The number of hydrogen-bond acceptors (Lipinski definition) is 2. The molecule has 3 nitrogen and oxygen atoms in total. The van der Waals surface area contributed by atoms with E-state index in [0.717, 1.165) is 25.2 Å². The Morgan fingerprint density at radius 2 is 2.26 bits per heavy atom. The minimum atomic E-state index is -0.0239. The van der Waals surface area contributed by atoms with Crippen LogP contribution in [0.1, 0.15) is 32.3 Å². The van der Waals surface area contributed by atoms with E-state index in [1.54, 1.807) is 0 Å². The van der Waals surface area contributed by atoms with E-state index in [-0.39, 0.29) is 11.9 Å². The van der Waals surface area contributed by atoms with Crippen molar-refractivity contribution in [2.45, 2.75) is 39.7 Å². The fraction of sp³-hybridized carbons (Fsp3) is 0.562. The van der Waals surface area contributed by atoms with Crippen LogP contribution in [0, 0.1) is 12.8 Å². The molecule has 1 aliphatic rings. The summed E-state index contributed by atoms with van der Waals surface area (Å²) in [7, 11) is 0. The molecule has 1 fully saturated rings. The number of anilines is 1. The average Bonchev–Trinajstić information content (AvgIpc) is 2.39. The molecule has 1 aromatic rings. The highest BCUT2D eigenvalue weighted by atomic mass is 16.2. The molecule has 19 heavy (non-hydrogen) atoms. The summed E-state index contributed by atoms with van der Waals surface area (Å²) in [5.41, 5.74) is 2.20. The van der Waals surface area contributed by atoms with Gasteiger partial charge < -0.3 is 10.2 Å². The van der Waals surface area contributed by atoms with Gasteiger partial charge in [0.1, 0.15) is 0 Å². The van der Waals surface area contributed by atoms with Gasteiger partial charge in [-0.3, -0.25) is 4.79 Å². The lowest BCUT2D eigenvalue weighted by molar-refractivity contribution is -0.121. The van der Waals surface area contributed by atoms with E-state index < -0.39 is 0 Å². The molecule has 0 radical (unpaired) electrons. The third-order valence-electron chi connectivity index (χ3n) is 3.86. The van der Waals surface area contributed by atoms with Crippen LogP contribution in [0.4, 0.5) is 5.69 Å². The van der Waals surface area contributed by atoms with Crippen molar-refractivity contribution in [3.05, 3.63) is 29.8 Å².